The van der Waals surface area contributed by atoms with Crippen molar-refractivity contribution in [2.75, 3.05) is 0 Å². The molecule has 3 heteroatoms. The molecular weight excluding hydrogens is 685 g/mol. The van der Waals surface area contributed by atoms with Crippen LogP contribution in [0.3, 0.4) is 0 Å². The third-order valence-corrected chi connectivity index (χ3v) is 12.6. The summed E-state index contributed by atoms with van der Waals surface area (Å²) in [6, 6.07) is 71.4. The van der Waals surface area contributed by atoms with Crippen LogP contribution in [0, 0.1) is 0 Å². The van der Waals surface area contributed by atoms with E-state index in [9.17, 15) is 0 Å². The molecule has 12 rings (SSSR count). The van der Waals surface area contributed by atoms with E-state index < -0.39 is 0 Å². The van der Waals surface area contributed by atoms with Gasteiger partial charge in [0.1, 0.15) is 0 Å². The average Bonchev–Trinajstić information content (AvgIpc) is 3.76. The fraction of sp³-hybridized carbons (Fsp3) is 0. The molecule has 1 aliphatic rings. The molecule has 0 unspecified atom stereocenters. The Morgan fingerprint density at radius 3 is 1.51 bits per heavy atom. The monoisotopic (exact) mass is 716 g/mol. The number of nitrogens with zero attached hydrogens (tertiary/aromatic N) is 2. The first-order valence-corrected chi connectivity index (χ1v) is 19.7. The van der Waals surface area contributed by atoms with Crippen molar-refractivity contribution < 1.29 is 0 Å². The molecule has 55 heavy (non-hydrogen) atoms. The molecule has 0 N–H and O–H groups in total. The van der Waals surface area contributed by atoms with E-state index in [0.29, 0.717) is 0 Å². The van der Waals surface area contributed by atoms with Gasteiger partial charge in [0.2, 0.25) is 0 Å². The van der Waals surface area contributed by atoms with Gasteiger partial charge in [0.25, 0.3) is 0 Å². The predicted molar refractivity (Wildman–Crippen MR) is 233 cm³/mol. The highest BCUT2D eigenvalue weighted by molar-refractivity contribution is 7.99. The second kappa shape index (κ2) is 11.8. The van der Waals surface area contributed by atoms with Crippen LogP contribution in [0.1, 0.15) is 0 Å². The molecule has 1 aliphatic heterocycles. The molecule has 0 aliphatic carbocycles. The fourth-order valence-corrected chi connectivity index (χ4v) is 10.2. The maximum absolute atomic E-state index is 2.47. The van der Waals surface area contributed by atoms with E-state index in [1.165, 1.54) is 97.6 Å². The average molecular weight is 717 g/mol. The number of para-hydroxylation sites is 1. The van der Waals surface area contributed by atoms with Crippen LogP contribution in [0.15, 0.2) is 204 Å². The second-order valence-electron chi connectivity index (χ2n) is 14.5. The van der Waals surface area contributed by atoms with E-state index in [1.807, 2.05) is 11.8 Å². The Hall–Kier alpha value is -6.81. The van der Waals surface area contributed by atoms with Crippen LogP contribution in [-0.2, 0) is 0 Å². The Morgan fingerprint density at radius 1 is 0.291 bits per heavy atom. The number of hydrogen-bond acceptors (Lipinski definition) is 1. The van der Waals surface area contributed by atoms with Crippen molar-refractivity contribution >= 4 is 66.1 Å². The van der Waals surface area contributed by atoms with Crippen LogP contribution in [0.25, 0.3) is 99.1 Å². The van der Waals surface area contributed by atoms with Gasteiger partial charge in [-0.15, -0.1) is 0 Å². The molecule has 2 nitrogen and oxygen atoms in total. The van der Waals surface area contributed by atoms with E-state index in [4.69, 9.17) is 0 Å². The van der Waals surface area contributed by atoms with E-state index in [0.717, 1.165) is 11.4 Å². The number of fused-ring (bicyclic) bond motifs is 9. The van der Waals surface area contributed by atoms with E-state index in [-0.39, 0.29) is 0 Å². The van der Waals surface area contributed by atoms with Crippen LogP contribution < -0.4 is 0 Å². The Balaban J connectivity index is 1.09. The third kappa shape index (κ3) is 4.57. The van der Waals surface area contributed by atoms with Crippen LogP contribution in [-0.4, -0.2) is 9.13 Å². The smallest absolute Gasteiger partial charge is 0.0553 e. The van der Waals surface area contributed by atoms with Crippen LogP contribution in [0.4, 0.5) is 0 Å². The highest BCUT2D eigenvalue weighted by atomic mass is 32.2. The third-order valence-electron chi connectivity index (χ3n) is 11.5. The highest BCUT2D eigenvalue weighted by Crippen LogP contribution is 2.51. The summed E-state index contributed by atoms with van der Waals surface area (Å²) in [5, 5.41) is 7.75. The van der Waals surface area contributed by atoms with Gasteiger partial charge in [-0.1, -0.05) is 145 Å². The Kier molecular flexibility index (Phi) is 6.60. The summed E-state index contributed by atoms with van der Waals surface area (Å²) in [7, 11) is 0. The first-order valence-electron chi connectivity index (χ1n) is 18.8. The van der Waals surface area contributed by atoms with Crippen LogP contribution in [0.5, 0.6) is 0 Å². The standard InChI is InChI=1S/C52H32N2S/c1-3-12-33(13-4-1)35-22-28-39-40-29-23-36(34-14-5-2-6-15-34)31-47(40)54(46(39)30-35)38-26-24-37(25-27-38)53-45-19-9-7-17-42(45)51-43-18-11-21-50-52(43)44(32-48(51)53)41-16-8-10-20-49(41)55-50/h1-32H. The number of rotatable bonds is 4. The van der Waals surface area contributed by atoms with Crippen LogP contribution >= 0.6 is 11.8 Å². The molecule has 9 aromatic carbocycles. The summed E-state index contributed by atoms with van der Waals surface area (Å²) < 4.78 is 4.92. The minimum Gasteiger partial charge on any atom is -0.309 e. The lowest BCUT2D eigenvalue weighted by molar-refractivity contribution is 1.14. The summed E-state index contributed by atoms with van der Waals surface area (Å²) in [5.41, 5.74) is 14.6. The first kappa shape index (κ1) is 30.6. The normalized spacial score (nSPS) is 12.3. The zero-order valence-corrected chi connectivity index (χ0v) is 30.6. The molecular formula is C52H32N2S. The molecule has 2 aromatic heterocycles. The van der Waals surface area contributed by atoms with Crippen molar-refractivity contribution in [2.24, 2.45) is 0 Å². The van der Waals surface area contributed by atoms with Gasteiger partial charge in [0.15, 0.2) is 0 Å². The number of hydrogen-bond donors (Lipinski definition) is 0. The Labute approximate surface area is 322 Å². The van der Waals surface area contributed by atoms with Crippen molar-refractivity contribution in [3.05, 3.63) is 194 Å². The van der Waals surface area contributed by atoms with Crippen molar-refractivity contribution in [2.45, 2.75) is 9.79 Å². The van der Waals surface area contributed by atoms with Crippen LogP contribution in [0.2, 0.25) is 0 Å². The van der Waals surface area contributed by atoms with Gasteiger partial charge in [0.05, 0.1) is 22.1 Å². The van der Waals surface area contributed by atoms with E-state index in [2.05, 4.69) is 203 Å². The molecule has 256 valence electrons. The van der Waals surface area contributed by atoms with Crippen molar-refractivity contribution in [3.63, 3.8) is 0 Å². The topological polar surface area (TPSA) is 9.86 Å². The van der Waals surface area contributed by atoms with Gasteiger partial charge in [0, 0.05) is 48.1 Å². The fourth-order valence-electron chi connectivity index (χ4n) is 9.05. The summed E-state index contributed by atoms with van der Waals surface area (Å²) >= 11 is 1.88. The molecule has 0 spiro atoms. The molecule has 0 saturated carbocycles. The lowest BCUT2D eigenvalue weighted by Gasteiger charge is -2.21. The summed E-state index contributed by atoms with van der Waals surface area (Å²) in [4.78, 5) is 2.64. The molecule has 11 aromatic rings. The summed E-state index contributed by atoms with van der Waals surface area (Å²) in [6.07, 6.45) is 0. The quantitative estimate of drug-likeness (QED) is 0.176. The zero-order valence-electron chi connectivity index (χ0n) is 29.8. The van der Waals surface area contributed by atoms with Crippen molar-refractivity contribution in [1.82, 2.24) is 9.13 Å². The SMILES string of the molecule is c1ccc(-c2ccc3c4ccc(-c5ccccc5)cc4n(-c4ccc(-n5c6ccccc6c6c7cccc8c7c(cc65)-c5ccccc5S8)cc4)c3c2)cc1. The van der Waals surface area contributed by atoms with Crippen molar-refractivity contribution in [1.29, 1.82) is 0 Å². The van der Waals surface area contributed by atoms with Gasteiger partial charge < -0.3 is 9.13 Å². The van der Waals surface area contributed by atoms with Gasteiger partial charge in [-0.05, 0) is 99.4 Å². The predicted octanol–water partition coefficient (Wildman–Crippen LogP) is 14.5. The summed E-state index contributed by atoms with van der Waals surface area (Å²) in [6.45, 7) is 0. The minimum absolute atomic E-state index is 1.14. The van der Waals surface area contributed by atoms with Gasteiger partial charge in [-0.3, -0.25) is 0 Å². The Morgan fingerprint density at radius 2 is 0.836 bits per heavy atom. The molecule has 0 bridgehead atoms. The highest BCUT2D eigenvalue weighted by Gasteiger charge is 2.24. The molecule has 0 fully saturated rings. The lowest BCUT2D eigenvalue weighted by Crippen LogP contribution is -1.98. The van der Waals surface area contributed by atoms with Crippen molar-refractivity contribution in [3.8, 4) is 44.8 Å². The zero-order chi connectivity index (χ0) is 36.0. The molecule has 0 atom stereocenters. The molecule has 0 amide bonds. The van der Waals surface area contributed by atoms with Gasteiger partial charge in [-0.2, -0.15) is 0 Å². The largest absolute Gasteiger partial charge is 0.309 e. The number of benzene rings is 9. The first-order chi connectivity index (χ1) is 27.3. The maximum atomic E-state index is 2.47. The van der Waals surface area contributed by atoms with Gasteiger partial charge in [-0.25, -0.2) is 0 Å². The molecule has 3 heterocycles. The second-order valence-corrected chi connectivity index (χ2v) is 15.6. The number of aromatic nitrogens is 2. The Bertz CT molecular complexity index is 3220. The molecule has 0 radical (unpaired) electrons. The van der Waals surface area contributed by atoms with E-state index in [1.54, 1.807) is 0 Å². The van der Waals surface area contributed by atoms with E-state index >= 15 is 0 Å². The van der Waals surface area contributed by atoms with Gasteiger partial charge >= 0.3 is 0 Å². The summed E-state index contributed by atoms with van der Waals surface area (Å²) in [5.74, 6) is 0. The minimum atomic E-state index is 1.14. The molecule has 0 saturated heterocycles. The lowest BCUT2D eigenvalue weighted by atomic mass is 9.94. The maximum Gasteiger partial charge on any atom is 0.0553 e.